The molecule has 0 aromatic carbocycles. The molecule has 0 spiro atoms. The lowest BCUT2D eigenvalue weighted by molar-refractivity contribution is 0.270. The maximum atomic E-state index is 5.92. The van der Waals surface area contributed by atoms with Crippen LogP contribution in [0.2, 0.25) is 0 Å². The van der Waals surface area contributed by atoms with E-state index in [2.05, 4.69) is 30.8 Å². The molecule has 0 bridgehead atoms. The fourth-order valence-electron chi connectivity index (χ4n) is 4.17. The van der Waals surface area contributed by atoms with Gasteiger partial charge in [0.1, 0.15) is 17.9 Å². The Morgan fingerprint density at radius 1 is 1.08 bits per heavy atom. The van der Waals surface area contributed by atoms with Crippen molar-refractivity contribution in [3.05, 3.63) is 35.9 Å². The van der Waals surface area contributed by atoms with E-state index in [0.29, 0.717) is 5.92 Å². The molecule has 0 amide bonds. The molecule has 6 nitrogen and oxygen atoms in total. The highest BCUT2D eigenvalue weighted by Crippen LogP contribution is 2.40. The van der Waals surface area contributed by atoms with Gasteiger partial charge in [-0.2, -0.15) is 0 Å². The zero-order valence-electron chi connectivity index (χ0n) is 14.1. The molecule has 2 atom stereocenters. The van der Waals surface area contributed by atoms with Gasteiger partial charge in [0, 0.05) is 43.9 Å². The third-order valence-electron chi connectivity index (χ3n) is 5.59. The molecular weight excluding hydrogens is 302 g/mol. The van der Waals surface area contributed by atoms with Crippen LogP contribution in [0.25, 0.3) is 0 Å². The number of rotatable bonds is 4. The van der Waals surface area contributed by atoms with Crippen molar-refractivity contribution in [1.29, 1.82) is 0 Å². The van der Waals surface area contributed by atoms with E-state index < -0.39 is 0 Å². The van der Waals surface area contributed by atoms with Gasteiger partial charge in [-0.3, -0.25) is 4.90 Å². The van der Waals surface area contributed by atoms with Crippen LogP contribution in [0, 0.1) is 18.8 Å². The summed E-state index contributed by atoms with van der Waals surface area (Å²) in [6, 6.07) is 2.09. The van der Waals surface area contributed by atoms with Crippen molar-refractivity contribution in [2.45, 2.75) is 32.2 Å². The first-order chi connectivity index (χ1) is 11.7. The van der Waals surface area contributed by atoms with E-state index in [0.717, 1.165) is 67.7 Å². The van der Waals surface area contributed by atoms with E-state index in [-0.39, 0.29) is 0 Å². The fourth-order valence-corrected chi connectivity index (χ4v) is 4.17. The molecule has 2 aromatic rings. The fraction of sp³-hybridized carbons (Fsp3) is 0.611. The third kappa shape index (κ3) is 2.69. The van der Waals surface area contributed by atoms with Crippen molar-refractivity contribution < 1.29 is 4.42 Å². The second kappa shape index (κ2) is 5.55. The minimum absolute atomic E-state index is 0.647. The summed E-state index contributed by atoms with van der Waals surface area (Å²) >= 11 is 0. The van der Waals surface area contributed by atoms with E-state index in [9.17, 15) is 0 Å². The van der Waals surface area contributed by atoms with Gasteiger partial charge in [0.25, 0.3) is 0 Å². The third-order valence-corrected chi connectivity index (χ3v) is 5.59. The monoisotopic (exact) mass is 325 g/mol. The average Bonchev–Trinajstić information content (AvgIpc) is 3.00. The van der Waals surface area contributed by atoms with Gasteiger partial charge in [-0.15, -0.1) is 0 Å². The summed E-state index contributed by atoms with van der Waals surface area (Å²) < 4.78 is 5.92. The number of aryl methyl sites for hydroxylation is 1. The first kappa shape index (κ1) is 14.4. The summed E-state index contributed by atoms with van der Waals surface area (Å²) in [6.45, 7) is 7.33. The molecule has 2 aliphatic heterocycles. The second-order valence-electron chi connectivity index (χ2n) is 7.57. The Morgan fingerprint density at radius 3 is 2.58 bits per heavy atom. The van der Waals surface area contributed by atoms with E-state index in [1.54, 1.807) is 6.33 Å². The van der Waals surface area contributed by atoms with Crippen LogP contribution < -0.4 is 4.90 Å². The molecule has 2 saturated heterocycles. The number of likely N-dealkylation sites (tertiary alicyclic amines) is 1. The Labute approximate surface area is 141 Å². The Bertz CT molecular complexity index is 727. The van der Waals surface area contributed by atoms with Crippen molar-refractivity contribution in [2.24, 2.45) is 11.8 Å². The van der Waals surface area contributed by atoms with Crippen LogP contribution in [0.15, 0.2) is 23.0 Å². The summed E-state index contributed by atoms with van der Waals surface area (Å²) in [5, 5.41) is 0. The molecule has 1 aliphatic carbocycles. The maximum absolute atomic E-state index is 5.92. The minimum Gasteiger partial charge on any atom is -0.444 e. The van der Waals surface area contributed by atoms with E-state index >= 15 is 0 Å². The molecule has 2 unspecified atom stereocenters. The van der Waals surface area contributed by atoms with Crippen molar-refractivity contribution in [2.75, 3.05) is 31.1 Å². The van der Waals surface area contributed by atoms with Crippen LogP contribution >= 0.6 is 0 Å². The average molecular weight is 325 g/mol. The number of hydrogen-bond acceptors (Lipinski definition) is 6. The molecular formula is C18H23N5O. The van der Waals surface area contributed by atoms with Crippen molar-refractivity contribution in [3.8, 4) is 0 Å². The molecule has 24 heavy (non-hydrogen) atoms. The first-order valence-corrected chi connectivity index (χ1v) is 8.95. The number of oxazole rings is 1. The summed E-state index contributed by atoms with van der Waals surface area (Å²) in [5.74, 6) is 5.14. The van der Waals surface area contributed by atoms with Crippen LogP contribution in [-0.4, -0.2) is 46.0 Å². The number of aromatic nitrogens is 3. The maximum Gasteiger partial charge on any atom is 0.208 e. The SMILES string of the molecule is Cc1cc(N2CC3CN(Cc4ncc(C5CC5)o4)CC3C2)ncn1. The standard InChI is InChI=1S/C18H23N5O/c1-12-4-17(21-11-20-12)23-8-14-6-22(7-15(14)9-23)10-18-19-5-16(24-18)13-2-3-13/h4-5,11,13-15H,2-3,6-10H2,1H3. The highest BCUT2D eigenvalue weighted by atomic mass is 16.4. The molecule has 3 aliphatic rings. The number of hydrogen-bond donors (Lipinski definition) is 0. The van der Waals surface area contributed by atoms with Gasteiger partial charge in [-0.1, -0.05) is 0 Å². The molecule has 2 aromatic heterocycles. The van der Waals surface area contributed by atoms with Gasteiger partial charge in [-0.25, -0.2) is 15.0 Å². The summed E-state index contributed by atoms with van der Waals surface area (Å²) in [5.41, 5.74) is 1.04. The quantitative estimate of drug-likeness (QED) is 0.859. The van der Waals surface area contributed by atoms with Crippen molar-refractivity contribution in [3.63, 3.8) is 0 Å². The lowest BCUT2D eigenvalue weighted by atomic mass is 10.0. The van der Waals surface area contributed by atoms with Crippen molar-refractivity contribution >= 4 is 5.82 Å². The summed E-state index contributed by atoms with van der Waals surface area (Å²) in [7, 11) is 0. The van der Waals surface area contributed by atoms with E-state index in [4.69, 9.17) is 4.42 Å². The first-order valence-electron chi connectivity index (χ1n) is 8.95. The second-order valence-corrected chi connectivity index (χ2v) is 7.57. The normalized spacial score (nSPS) is 27.0. The Hall–Kier alpha value is -1.95. The largest absolute Gasteiger partial charge is 0.444 e. The van der Waals surface area contributed by atoms with E-state index in [1.807, 2.05) is 13.1 Å². The minimum atomic E-state index is 0.647. The lowest BCUT2D eigenvalue weighted by Crippen LogP contribution is -2.29. The van der Waals surface area contributed by atoms with Crippen molar-refractivity contribution in [1.82, 2.24) is 19.9 Å². The molecule has 5 rings (SSSR count). The topological polar surface area (TPSA) is 58.3 Å². The number of nitrogens with zero attached hydrogens (tertiary/aromatic N) is 5. The Balaban J connectivity index is 1.20. The van der Waals surface area contributed by atoms with Crippen LogP contribution in [0.5, 0.6) is 0 Å². The lowest BCUT2D eigenvalue weighted by Gasteiger charge is -2.21. The molecule has 0 radical (unpaired) electrons. The Kier molecular flexibility index (Phi) is 3.33. The van der Waals surface area contributed by atoms with Gasteiger partial charge in [0.15, 0.2) is 0 Å². The predicted octanol–water partition coefficient (Wildman–Crippen LogP) is 2.22. The summed E-state index contributed by atoms with van der Waals surface area (Å²) in [4.78, 5) is 18.0. The smallest absolute Gasteiger partial charge is 0.208 e. The zero-order valence-corrected chi connectivity index (χ0v) is 14.1. The zero-order chi connectivity index (χ0) is 16.1. The van der Waals surface area contributed by atoms with Crippen LogP contribution in [-0.2, 0) is 6.54 Å². The molecule has 6 heteroatoms. The van der Waals surface area contributed by atoms with Gasteiger partial charge in [0.05, 0.1) is 12.7 Å². The predicted molar refractivity (Wildman–Crippen MR) is 89.7 cm³/mol. The number of anilines is 1. The highest BCUT2D eigenvalue weighted by Gasteiger charge is 2.40. The molecule has 0 N–H and O–H groups in total. The molecule has 126 valence electrons. The van der Waals surface area contributed by atoms with E-state index in [1.165, 1.54) is 12.8 Å². The van der Waals surface area contributed by atoms with Gasteiger partial charge in [-0.05, 0) is 31.6 Å². The Morgan fingerprint density at radius 2 is 1.88 bits per heavy atom. The molecule has 3 fully saturated rings. The summed E-state index contributed by atoms with van der Waals surface area (Å²) in [6.07, 6.45) is 6.13. The van der Waals surface area contributed by atoms with Gasteiger partial charge >= 0.3 is 0 Å². The van der Waals surface area contributed by atoms with Gasteiger partial charge < -0.3 is 9.32 Å². The van der Waals surface area contributed by atoms with Crippen LogP contribution in [0.4, 0.5) is 5.82 Å². The molecule has 4 heterocycles. The molecule has 1 saturated carbocycles. The number of fused-ring (bicyclic) bond motifs is 1. The van der Waals surface area contributed by atoms with Crippen LogP contribution in [0.3, 0.4) is 0 Å². The van der Waals surface area contributed by atoms with Gasteiger partial charge in [0.2, 0.25) is 5.89 Å². The highest BCUT2D eigenvalue weighted by molar-refractivity contribution is 5.40. The van der Waals surface area contributed by atoms with Crippen LogP contribution in [0.1, 0.15) is 36.1 Å².